The SMILES string of the molecule is C=C(C)C[C@@H](c1ccc(C(F)(F)F)cc1F)N1CCNCC1.Cl.Cl. The highest BCUT2D eigenvalue weighted by Gasteiger charge is 2.32. The number of benzene rings is 1. The van der Waals surface area contributed by atoms with Gasteiger partial charge in [-0.05, 0) is 25.5 Å². The molecule has 0 radical (unpaired) electrons. The number of nitrogens with zero attached hydrogens (tertiary/aromatic N) is 1. The van der Waals surface area contributed by atoms with E-state index in [0.29, 0.717) is 18.1 Å². The normalized spacial score (nSPS) is 16.7. The van der Waals surface area contributed by atoms with Crippen LogP contribution in [0.15, 0.2) is 30.4 Å². The van der Waals surface area contributed by atoms with Gasteiger partial charge in [-0.15, -0.1) is 31.4 Å². The molecule has 0 amide bonds. The second-order valence-corrected chi connectivity index (χ2v) is 5.70. The molecule has 2 rings (SSSR count). The monoisotopic (exact) mass is 388 g/mol. The fraction of sp³-hybridized carbons (Fsp3) is 0.500. The molecular weight excluding hydrogens is 367 g/mol. The van der Waals surface area contributed by atoms with Crippen LogP contribution < -0.4 is 5.32 Å². The molecule has 8 heteroatoms. The minimum atomic E-state index is -4.53. The van der Waals surface area contributed by atoms with Gasteiger partial charge in [-0.25, -0.2) is 4.39 Å². The van der Waals surface area contributed by atoms with Crippen LogP contribution in [0.5, 0.6) is 0 Å². The summed E-state index contributed by atoms with van der Waals surface area (Å²) in [5, 5.41) is 3.21. The molecule has 1 N–H and O–H groups in total. The van der Waals surface area contributed by atoms with E-state index in [9.17, 15) is 17.6 Å². The Labute approximate surface area is 152 Å². The summed E-state index contributed by atoms with van der Waals surface area (Å²) in [5.74, 6) is -0.806. The Bertz CT molecular complexity index is 543. The fourth-order valence-electron chi connectivity index (χ4n) is 2.73. The summed E-state index contributed by atoms with van der Waals surface area (Å²) in [6.07, 6.45) is -4.00. The van der Waals surface area contributed by atoms with Crippen molar-refractivity contribution < 1.29 is 17.6 Å². The van der Waals surface area contributed by atoms with E-state index in [1.54, 1.807) is 0 Å². The van der Waals surface area contributed by atoms with E-state index in [2.05, 4.69) is 16.8 Å². The number of rotatable bonds is 4. The molecule has 1 aliphatic rings. The summed E-state index contributed by atoms with van der Waals surface area (Å²) < 4.78 is 52.3. The number of halogens is 6. The van der Waals surface area contributed by atoms with Crippen molar-refractivity contribution in [2.45, 2.75) is 25.6 Å². The smallest absolute Gasteiger partial charge is 0.314 e. The first kappa shape index (κ1) is 23.2. The van der Waals surface area contributed by atoms with Gasteiger partial charge in [0, 0.05) is 37.8 Å². The van der Waals surface area contributed by atoms with Crippen molar-refractivity contribution >= 4 is 24.8 Å². The van der Waals surface area contributed by atoms with Crippen LogP contribution in [0.25, 0.3) is 0 Å². The first-order valence-corrected chi connectivity index (χ1v) is 7.25. The highest BCUT2D eigenvalue weighted by Crippen LogP contribution is 2.34. The van der Waals surface area contributed by atoms with E-state index in [0.717, 1.165) is 37.8 Å². The lowest BCUT2D eigenvalue weighted by Crippen LogP contribution is -2.45. The largest absolute Gasteiger partial charge is 0.416 e. The van der Waals surface area contributed by atoms with Crippen LogP contribution in [-0.2, 0) is 6.18 Å². The Morgan fingerprint density at radius 3 is 2.29 bits per heavy atom. The molecule has 0 spiro atoms. The molecule has 138 valence electrons. The molecule has 24 heavy (non-hydrogen) atoms. The predicted molar refractivity (Wildman–Crippen MR) is 92.5 cm³/mol. The lowest BCUT2D eigenvalue weighted by atomic mass is 9.96. The average molecular weight is 389 g/mol. The molecule has 1 aliphatic heterocycles. The van der Waals surface area contributed by atoms with Gasteiger partial charge in [0.1, 0.15) is 5.82 Å². The molecule has 1 fully saturated rings. The molecule has 1 aromatic rings. The van der Waals surface area contributed by atoms with Crippen molar-refractivity contribution in [1.82, 2.24) is 10.2 Å². The maximum absolute atomic E-state index is 14.3. The molecule has 1 saturated heterocycles. The van der Waals surface area contributed by atoms with Crippen LogP contribution in [0.4, 0.5) is 17.6 Å². The second-order valence-electron chi connectivity index (χ2n) is 5.70. The van der Waals surface area contributed by atoms with Crippen molar-refractivity contribution in [3.8, 4) is 0 Å². The zero-order chi connectivity index (χ0) is 16.3. The molecule has 0 bridgehead atoms. The highest BCUT2D eigenvalue weighted by atomic mass is 35.5. The van der Waals surface area contributed by atoms with Gasteiger partial charge < -0.3 is 5.32 Å². The summed E-state index contributed by atoms with van der Waals surface area (Å²) in [7, 11) is 0. The van der Waals surface area contributed by atoms with E-state index in [-0.39, 0.29) is 30.9 Å². The summed E-state index contributed by atoms with van der Waals surface area (Å²) in [5.41, 5.74) is 0.226. The van der Waals surface area contributed by atoms with E-state index in [4.69, 9.17) is 0 Å². The van der Waals surface area contributed by atoms with Gasteiger partial charge in [0.05, 0.1) is 5.56 Å². The Balaban J connectivity index is 0.00000264. The molecular formula is C16H22Cl2F4N2. The Hall–Kier alpha value is -0.820. The van der Waals surface area contributed by atoms with Crippen LogP contribution in [0.2, 0.25) is 0 Å². The van der Waals surface area contributed by atoms with E-state index in [1.807, 2.05) is 6.92 Å². The Morgan fingerprint density at radius 2 is 1.83 bits per heavy atom. The van der Waals surface area contributed by atoms with Crippen molar-refractivity contribution in [2.24, 2.45) is 0 Å². The van der Waals surface area contributed by atoms with Gasteiger partial charge in [-0.2, -0.15) is 13.2 Å². The summed E-state index contributed by atoms with van der Waals surface area (Å²) in [6, 6.07) is 2.52. The van der Waals surface area contributed by atoms with Crippen molar-refractivity contribution in [2.75, 3.05) is 26.2 Å². The third-order valence-electron chi connectivity index (χ3n) is 3.82. The quantitative estimate of drug-likeness (QED) is 0.598. The van der Waals surface area contributed by atoms with Crippen molar-refractivity contribution in [1.29, 1.82) is 0 Å². The Morgan fingerprint density at radius 1 is 1.25 bits per heavy atom. The zero-order valence-corrected chi connectivity index (χ0v) is 15.0. The number of hydrogen-bond donors (Lipinski definition) is 1. The molecule has 0 unspecified atom stereocenters. The van der Waals surface area contributed by atoms with Crippen LogP contribution in [-0.4, -0.2) is 31.1 Å². The maximum Gasteiger partial charge on any atom is 0.416 e. The number of piperazine rings is 1. The van der Waals surface area contributed by atoms with Gasteiger partial charge in [-0.1, -0.05) is 11.6 Å². The van der Waals surface area contributed by atoms with Crippen molar-refractivity contribution in [3.05, 3.63) is 47.3 Å². The first-order chi connectivity index (χ1) is 10.3. The van der Waals surface area contributed by atoms with Crippen LogP contribution in [0, 0.1) is 5.82 Å². The topological polar surface area (TPSA) is 15.3 Å². The number of alkyl halides is 3. The van der Waals surface area contributed by atoms with Crippen LogP contribution in [0.3, 0.4) is 0 Å². The third-order valence-corrected chi connectivity index (χ3v) is 3.82. The minimum absolute atomic E-state index is 0. The fourth-order valence-corrected chi connectivity index (χ4v) is 2.73. The Kier molecular flexibility index (Phi) is 9.28. The molecule has 0 aliphatic carbocycles. The highest BCUT2D eigenvalue weighted by molar-refractivity contribution is 5.85. The predicted octanol–water partition coefficient (Wildman–Crippen LogP) is 4.60. The van der Waals surface area contributed by atoms with E-state index < -0.39 is 17.6 Å². The first-order valence-electron chi connectivity index (χ1n) is 7.25. The van der Waals surface area contributed by atoms with Gasteiger partial charge in [0.15, 0.2) is 0 Å². The standard InChI is InChI=1S/C16H20F4N2.2ClH/c1-11(2)9-15(22-7-5-21-6-8-22)13-4-3-12(10-14(13)17)16(18,19)20;;/h3-4,10,15,21H,1,5-9H2,2H3;2*1H/t15-;;/m0../s1. The number of hydrogen-bond acceptors (Lipinski definition) is 2. The summed E-state index contributed by atoms with van der Waals surface area (Å²) in [4.78, 5) is 2.09. The maximum atomic E-state index is 14.3. The molecule has 2 nitrogen and oxygen atoms in total. The minimum Gasteiger partial charge on any atom is -0.314 e. The lowest BCUT2D eigenvalue weighted by molar-refractivity contribution is -0.137. The van der Waals surface area contributed by atoms with Gasteiger partial charge in [-0.3, -0.25) is 4.90 Å². The number of nitrogens with one attached hydrogen (secondary N) is 1. The molecule has 1 heterocycles. The molecule has 1 aromatic carbocycles. The van der Waals surface area contributed by atoms with Crippen LogP contribution >= 0.6 is 24.8 Å². The van der Waals surface area contributed by atoms with Gasteiger partial charge in [0.25, 0.3) is 0 Å². The van der Waals surface area contributed by atoms with Crippen molar-refractivity contribution in [3.63, 3.8) is 0 Å². The third kappa shape index (κ3) is 5.92. The molecule has 0 aromatic heterocycles. The van der Waals surface area contributed by atoms with E-state index >= 15 is 0 Å². The molecule has 1 atom stereocenters. The average Bonchev–Trinajstić information content (AvgIpc) is 2.45. The zero-order valence-electron chi connectivity index (χ0n) is 13.3. The second kappa shape index (κ2) is 9.61. The lowest BCUT2D eigenvalue weighted by Gasteiger charge is -2.35. The van der Waals surface area contributed by atoms with Crippen LogP contribution in [0.1, 0.15) is 30.5 Å². The van der Waals surface area contributed by atoms with Gasteiger partial charge >= 0.3 is 6.18 Å². The summed E-state index contributed by atoms with van der Waals surface area (Å²) in [6.45, 7) is 8.74. The summed E-state index contributed by atoms with van der Waals surface area (Å²) >= 11 is 0. The van der Waals surface area contributed by atoms with Gasteiger partial charge in [0.2, 0.25) is 0 Å². The molecule has 0 saturated carbocycles. The van der Waals surface area contributed by atoms with E-state index in [1.165, 1.54) is 6.07 Å².